The van der Waals surface area contributed by atoms with Gasteiger partial charge in [0, 0.05) is 13.0 Å². The van der Waals surface area contributed by atoms with E-state index in [4.69, 9.17) is 0 Å². The largest absolute Gasteiger partial charge is 0.356 e. The van der Waals surface area contributed by atoms with Crippen molar-refractivity contribution < 1.29 is 4.79 Å². The van der Waals surface area contributed by atoms with E-state index < -0.39 is 0 Å². The second-order valence-corrected chi connectivity index (χ2v) is 4.56. The minimum Gasteiger partial charge on any atom is -0.356 e. The van der Waals surface area contributed by atoms with Crippen molar-refractivity contribution in [3.05, 3.63) is 12.2 Å². The summed E-state index contributed by atoms with van der Waals surface area (Å²) >= 11 is 0. The third kappa shape index (κ3) is 13.1. The zero-order chi connectivity index (χ0) is 12.8. The summed E-state index contributed by atoms with van der Waals surface area (Å²) < 4.78 is 0. The Labute approximate surface area is 107 Å². The number of rotatable bonds is 11. The van der Waals surface area contributed by atoms with Crippen molar-refractivity contribution in [1.29, 1.82) is 0 Å². The van der Waals surface area contributed by atoms with E-state index in [1.54, 1.807) is 0 Å². The molecule has 0 unspecified atom stereocenters. The fourth-order valence-corrected chi connectivity index (χ4v) is 1.60. The van der Waals surface area contributed by atoms with Gasteiger partial charge < -0.3 is 5.32 Å². The SMILES string of the molecule is CCCCC=CCCCCC(=O)NCCCC. The molecule has 0 saturated heterocycles. The lowest BCUT2D eigenvalue weighted by Crippen LogP contribution is -2.23. The van der Waals surface area contributed by atoms with Crippen LogP contribution in [-0.2, 0) is 4.79 Å². The lowest BCUT2D eigenvalue weighted by Gasteiger charge is -2.03. The molecule has 17 heavy (non-hydrogen) atoms. The molecule has 0 spiro atoms. The average molecular weight is 239 g/mol. The van der Waals surface area contributed by atoms with E-state index >= 15 is 0 Å². The van der Waals surface area contributed by atoms with Crippen molar-refractivity contribution in [2.75, 3.05) is 6.54 Å². The summed E-state index contributed by atoms with van der Waals surface area (Å²) in [7, 11) is 0. The molecule has 0 atom stereocenters. The third-order valence-corrected chi connectivity index (χ3v) is 2.77. The van der Waals surface area contributed by atoms with Gasteiger partial charge in [0.2, 0.25) is 5.91 Å². The minimum absolute atomic E-state index is 0.216. The molecule has 0 aliphatic carbocycles. The number of carbonyl (C=O) groups is 1. The van der Waals surface area contributed by atoms with Crippen LogP contribution in [0.1, 0.15) is 71.6 Å². The normalized spacial score (nSPS) is 10.9. The van der Waals surface area contributed by atoms with E-state index in [9.17, 15) is 4.79 Å². The van der Waals surface area contributed by atoms with Gasteiger partial charge >= 0.3 is 0 Å². The van der Waals surface area contributed by atoms with Crippen LogP contribution in [-0.4, -0.2) is 12.5 Å². The number of nitrogens with one attached hydrogen (secondary N) is 1. The molecule has 0 fully saturated rings. The number of hydrogen-bond acceptors (Lipinski definition) is 1. The zero-order valence-corrected chi connectivity index (χ0v) is 11.6. The molecule has 0 bridgehead atoms. The summed E-state index contributed by atoms with van der Waals surface area (Å²) in [5, 5.41) is 2.95. The van der Waals surface area contributed by atoms with Gasteiger partial charge in [0.15, 0.2) is 0 Å². The summed E-state index contributed by atoms with van der Waals surface area (Å²) in [6.07, 6.45) is 14.5. The molecule has 0 heterocycles. The lowest BCUT2D eigenvalue weighted by atomic mass is 10.1. The number of unbranched alkanes of at least 4 members (excludes halogenated alkanes) is 5. The van der Waals surface area contributed by atoms with Gasteiger partial charge in [-0.15, -0.1) is 0 Å². The first-order valence-corrected chi connectivity index (χ1v) is 7.23. The van der Waals surface area contributed by atoms with Crippen LogP contribution < -0.4 is 5.32 Å². The van der Waals surface area contributed by atoms with Gasteiger partial charge in [0.05, 0.1) is 0 Å². The molecule has 0 aliphatic heterocycles. The second-order valence-electron chi connectivity index (χ2n) is 4.56. The summed E-state index contributed by atoms with van der Waals surface area (Å²) in [4.78, 5) is 11.4. The van der Waals surface area contributed by atoms with Gasteiger partial charge in [0.25, 0.3) is 0 Å². The van der Waals surface area contributed by atoms with E-state index in [0.717, 1.165) is 38.6 Å². The van der Waals surface area contributed by atoms with Crippen LogP contribution in [0.4, 0.5) is 0 Å². The molecule has 0 aromatic heterocycles. The highest BCUT2D eigenvalue weighted by molar-refractivity contribution is 5.75. The zero-order valence-electron chi connectivity index (χ0n) is 11.6. The van der Waals surface area contributed by atoms with Gasteiger partial charge in [-0.1, -0.05) is 45.3 Å². The first-order valence-electron chi connectivity index (χ1n) is 7.23. The summed E-state index contributed by atoms with van der Waals surface area (Å²) in [5.41, 5.74) is 0. The summed E-state index contributed by atoms with van der Waals surface area (Å²) in [6.45, 7) is 5.19. The summed E-state index contributed by atoms with van der Waals surface area (Å²) in [5.74, 6) is 0.216. The molecule has 2 nitrogen and oxygen atoms in total. The van der Waals surface area contributed by atoms with Gasteiger partial charge in [-0.25, -0.2) is 0 Å². The standard InChI is InChI=1S/C15H29NO/c1-3-5-7-8-9-10-11-12-13-15(17)16-14-6-4-2/h8-9H,3-7,10-14H2,1-2H3,(H,16,17). The summed E-state index contributed by atoms with van der Waals surface area (Å²) in [6, 6.07) is 0. The molecular formula is C15H29NO. The Hall–Kier alpha value is -0.790. The Morgan fingerprint density at radius 1 is 0.941 bits per heavy atom. The first kappa shape index (κ1) is 16.2. The van der Waals surface area contributed by atoms with Crippen LogP contribution in [0.2, 0.25) is 0 Å². The van der Waals surface area contributed by atoms with Crippen molar-refractivity contribution >= 4 is 5.91 Å². The van der Waals surface area contributed by atoms with Crippen LogP contribution in [0, 0.1) is 0 Å². The smallest absolute Gasteiger partial charge is 0.219 e. The Kier molecular flexibility index (Phi) is 12.7. The second kappa shape index (κ2) is 13.3. The Balaban J connectivity index is 3.21. The lowest BCUT2D eigenvalue weighted by molar-refractivity contribution is -0.121. The van der Waals surface area contributed by atoms with E-state index in [1.165, 1.54) is 19.3 Å². The first-order chi connectivity index (χ1) is 8.31. The molecule has 0 aromatic rings. The number of allylic oxidation sites excluding steroid dienone is 2. The Bertz CT molecular complexity index is 199. The van der Waals surface area contributed by atoms with E-state index in [-0.39, 0.29) is 5.91 Å². The minimum atomic E-state index is 0.216. The van der Waals surface area contributed by atoms with Crippen molar-refractivity contribution in [3.8, 4) is 0 Å². The monoisotopic (exact) mass is 239 g/mol. The maximum atomic E-state index is 11.4. The molecule has 100 valence electrons. The van der Waals surface area contributed by atoms with Crippen molar-refractivity contribution in [2.45, 2.75) is 71.6 Å². The average Bonchev–Trinajstić information content (AvgIpc) is 2.33. The molecule has 1 amide bonds. The maximum absolute atomic E-state index is 11.4. The molecule has 1 N–H and O–H groups in total. The van der Waals surface area contributed by atoms with Crippen molar-refractivity contribution in [2.24, 2.45) is 0 Å². The molecule has 0 aliphatic rings. The van der Waals surface area contributed by atoms with E-state index in [2.05, 4.69) is 31.3 Å². The number of amides is 1. The van der Waals surface area contributed by atoms with Gasteiger partial charge in [-0.05, 0) is 32.1 Å². The molecule has 0 aromatic carbocycles. The van der Waals surface area contributed by atoms with Gasteiger partial charge in [-0.2, -0.15) is 0 Å². The van der Waals surface area contributed by atoms with Crippen LogP contribution in [0.5, 0.6) is 0 Å². The van der Waals surface area contributed by atoms with Crippen LogP contribution >= 0.6 is 0 Å². The quantitative estimate of drug-likeness (QED) is 0.425. The third-order valence-electron chi connectivity index (χ3n) is 2.77. The highest BCUT2D eigenvalue weighted by atomic mass is 16.1. The highest BCUT2D eigenvalue weighted by Gasteiger charge is 1.98. The maximum Gasteiger partial charge on any atom is 0.219 e. The number of carbonyl (C=O) groups excluding carboxylic acids is 1. The molecule has 0 rings (SSSR count). The molecule has 0 radical (unpaired) electrons. The Morgan fingerprint density at radius 2 is 1.59 bits per heavy atom. The topological polar surface area (TPSA) is 29.1 Å². The van der Waals surface area contributed by atoms with Crippen LogP contribution in [0.15, 0.2) is 12.2 Å². The predicted octanol–water partition coefficient (Wildman–Crippen LogP) is 4.21. The van der Waals surface area contributed by atoms with Gasteiger partial charge in [-0.3, -0.25) is 4.79 Å². The molecule has 0 saturated carbocycles. The van der Waals surface area contributed by atoms with E-state index in [0.29, 0.717) is 6.42 Å². The number of hydrogen-bond donors (Lipinski definition) is 1. The predicted molar refractivity (Wildman–Crippen MR) is 75.1 cm³/mol. The highest BCUT2D eigenvalue weighted by Crippen LogP contribution is 2.02. The molecule has 2 heteroatoms. The Morgan fingerprint density at radius 3 is 2.24 bits per heavy atom. The van der Waals surface area contributed by atoms with Crippen LogP contribution in [0.25, 0.3) is 0 Å². The fraction of sp³-hybridized carbons (Fsp3) is 0.800. The van der Waals surface area contributed by atoms with Crippen molar-refractivity contribution in [3.63, 3.8) is 0 Å². The van der Waals surface area contributed by atoms with Crippen molar-refractivity contribution in [1.82, 2.24) is 5.32 Å². The van der Waals surface area contributed by atoms with Gasteiger partial charge in [0.1, 0.15) is 0 Å². The fourth-order valence-electron chi connectivity index (χ4n) is 1.60. The molecular weight excluding hydrogens is 210 g/mol. The van der Waals surface area contributed by atoms with Crippen LogP contribution in [0.3, 0.4) is 0 Å². The van der Waals surface area contributed by atoms with E-state index in [1.807, 2.05) is 0 Å².